The molecule has 1 heterocycles. The fourth-order valence-corrected chi connectivity index (χ4v) is 4.33. The van der Waals surface area contributed by atoms with Crippen LogP contribution in [0.3, 0.4) is 0 Å². The van der Waals surface area contributed by atoms with E-state index in [1.165, 1.54) is 16.7 Å². The van der Waals surface area contributed by atoms with Crippen LogP contribution in [0.2, 0.25) is 5.02 Å². The molecule has 0 fully saturated rings. The van der Waals surface area contributed by atoms with Crippen LogP contribution in [-0.4, -0.2) is 45.5 Å². The lowest BCUT2D eigenvalue weighted by molar-refractivity contribution is 0.174. The van der Waals surface area contributed by atoms with E-state index in [0.29, 0.717) is 6.79 Å². The minimum Gasteiger partial charge on any atom is -0.493 e. The summed E-state index contributed by atoms with van der Waals surface area (Å²) in [6.45, 7) is 3.29. The van der Waals surface area contributed by atoms with Crippen molar-refractivity contribution in [3.05, 3.63) is 82.4 Å². The van der Waals surface area contributed by atoms with E-state index in [4.69, 9.17) is 30.5 Å². The van der Waals surface area contributed by atoms with Crippen molar-refractivity contribution in [2.24, 2.45) is 0 Å². The first kappa shape index (κ1) is 24.2. The monoisotopic (exact) mass is 481 g/mol. The highest BCUT2D eigenvalue weighted by molar-refractivity contribution is 6.30. The topological polar surface area (TPSA) is 40.2 Å². The fraction of sp³-hybridized carbons (Fsp3) is 0.357. The summed E-state index contributed by atoms with van der Waals surface area (Å²) in [5.74, 6) is 3.21. The van der Waals surface area contributed by atoms with E-state index in [1.807, 2.05) is 24.3 Å². The van der Waals surface area contributed by atoms with Crippen LogP contribution < -0.4 is 18.9 Å². The Morgan fingerprint density at radius 3 is 2.09 bits per heavy atom. The van der Waals surface area contributed by atoms with Gasteiger partial charge in [-0.2, -0.15) is 0 Å². The number of aryl methyl sites for hydroxylation is 1. The minimum absolute atomic E-state index is 0.306. The molecule has 0 unspecified atom stereocenters. The van der Waals surface area contributed by atoms with Gasteiger partial charge in [-0.15, -0.1) is 0 Å². The Labute approximate surface area is 207 Å². The molecule has 0 bridgehead atoms. The summed E-state index contributed by atoms with van der Waals surface area (Å²) in [7, 11) is 3.34. The van der Waals surface area contributed by atoms with Gasteiger partial charge in [-0.05, 0) is 85.3 Å². The first-order valence-electron chi connectivity index (χ1n) is 11.7. The summed E-state index contributed by atoms with van der Waals surface area (Å²) < 4.78 is 21.8. The van der Waals surface area contributed by atoms with Crippen LogP contribution in [0.1, 0.15) is 23.1 Å². The van der Waals surface area contributed by atoms with Crippen molar-refractivity contribution >= 4 is 11.6 Å². The maximum Gasteiger partial charge on any atom is 0.231 e. The molecule has 0 aromatic heterocycles. The molecule has 6 heteroatoms. The second-order valence-corrected chi connectivity index (χ2v) is 8.89. The highest BCUT2D eigenvalue weighted by atomic mass is 35.5. The third-order valence-corrected chi connectivity index (χ3v) is 6.42. The Kier molecular flexibility index (Phi) is 8.56. The van der Waals surface area contributed by atoms with Gasteiger partial charge in [0.15, 0.2) is 23.0 Å². The van der Waals surface area contributed by atoms with Crippen LogP contribution >= 0.6 is 11.6 Å². The Balaban J connectivity index is 1.37. The smallest absolute Gasteiger partial charge is 0.231 e. The molecule has 180 valence electrons. The zero-order chi connectivity index (χ0) is 23.8. The summed E-state index contributed by atoms with van der Waals surface area (Å²) in [6.07, 6.45) is 4.04. The largest absolute Gasteiger partial charge is 0.493 e. The molecule has 0 N–H and O–H groups in total. The average Bonchev–Trinajstić information content (AvgIpc) is 3.34. The molecule has 0 radical (unpaired) electrons. The van der Waals surface area contributed by atoms with Crippen LogP contribution in [0, 0.1) is 0 Å². The van der Waals surface area contributed by atoms with Crippen molar-refractivity contribution in [2.75, 3.05) is 40.6 Å². The fourth-order valence-electron chi connectivity index (χ4n) is 4.20. The zero-order valence-corrected chi connectivity index (χ0v) is 20.6. The molecule has 3 aromatic carbocycles. The van der Waals surface area contributed by atoms with Gasteiger partial charge in [-0.25, -0.2) is 0 Å². The van der Waals surface area contributed by atoms with Crippen molar-refractivity contribution < 1.29 is 18.9 Å². The van der Waals surface area contributed by atoms with E-state index in [-0.39, 0.29) is 0 Å². The summed E-state index contributed by atoms with van der Waals surface area (Å²) in [4.78, 5) is 2.54. The van der Waals surface area contributed by atoms with Gasteiger partial charge in [0.05, 0.1) is 14.2 Å². The molecule has 0 atom stereocenters. The van der Waals surface area contributed by atoms with Gasteiger partial charge in [0, 0.05) is 18.1 Å². The second-order valence-electron chi connectivity index (χ2n) is 8.45. The molecular weight excluding hydrogens is 450 g/mol. The number of fused-ring (bicyclic) bond motifs is 1. The van der Waals surface area contributed by atoms with Crippen molar-refractivity contribution in [2.45, 2.75) is 25.7 Å². The highest BCUT2D eigenvalue weighted by Crippen LogP contribution is 2.32. The van der Waals surface area contributed by atoms with Crippen molar-refractivity contribution in [3.8, 4) is 23.0 Å². The van der Waals surface area contributed by atoms with Gasteiger partial charge in [0.25, 0.3) is 0 Å². The number of hydrogen-bond acceptors (Lipinski definition) is 5. The van der Waals surface area contributed by atoms with Crippen molar-refractivity contribution in [1.82, 2.24) is 4.90 Å². The van der Waals surface area contributed by atoms with E-state index in [1.54, 1.807) is 14.2 Å². The van der Waals surface area contributed by atoms with Crippen LogP contribution in [-0.2, 0) is 19.3 Å². The number of hydrogen-bond donors (Lipinski definition) is 0. The molecule has 4 rings (SSSR count). The van der Waals surface area contributed by atoms with Crippen molar-refractivity contribution in [1.29, 1.82) is 0 Å². The van der Waals surface area contributed by atoms with Gasteiger partial charge in [0.2, 0.25) is 6.79 Å². The van der Waals surface area contributed by atoms with Crippen LogP contribution in [0.25, 0.3) is 0 Å². The van der Waals surface area contributed by atoms with E-state index < -0.39 is 0 Å². The molecule has 1 aliphatic heterocycles. The van der Waals surface area contributed by atoms with Gasteiger partial charge in [-0.3, -0.25) is 0 Å². The molecule has 0 amide bonds. The SMILES string of the molecule is COc1ccc(CCN(CCCc2ccc(Cl)cc2)CCc2ccc3c(c2)OCO3)cc1OC. The number of methoxy groups -OCH3 is 2. The van der Waals surface area contributed by atoms with Crippen LogP contribution in [0.5, 0.6) is 23.0 Å². The minimum atomic E-state index is 0.306. The first-order chi connectivity index (χ1) is 16.6. The highest BCUT2D eigenvalue weighted by Gasteiger charge is 2.14. The number of benzene rings is 3. The van der Waals surface area contributed by atoms with Crippen molar-refractivity contribution in [3.63, 3.8) is 0 Å². The summed E-state index contributed by atoms with van der Waals surface area (Å²) in [5, 5.41) is 0.782. The number of ether oxygens (including phenoxy) is 4. The third kappa shape index (κ3) is 6.58. The molecule has 0 aliphatic carbocycles. The molecular formula is C28H32ClNO4. The first-order valence-corrected chi connectivity index (χ1v) is 12.1. The summed E-state index contributed by atoms with van der Waals surface area (Å²) in [5.41, 5.74) is 3.82. The predicted molar refractivity (Wildman–Crippen MR) is 136 cm³/mol. The Morgan fingerprint density at radius 2 is 1.35 bits per heavy atom. The Bertz CT molecular complexity index is 1070. The van der Waals surface area contributed by atoms with Crippen LogP contribution in [0.15, 0.2) is 60.7 Å². The molecule has 34 heavy (non-hydrogen) atoms. The standard InChI is InChI=1S/C28H32ClNO4/c1-31-25-11-7-22(18-27(25)32-2)13-16-30(15-3-4-21-5-9-24(29)10-6-21)17-14-23-8-12-26-28(19-23)34-20-33-26/h5-12,18-19H,3-4,13-17,20H2,1-2H3. The van der Waals surface area contributed by atoms with Crippen LogP contribution in [0.4, 0.5) is 0 Å². The molecule has 0 saturated carbocycles. The number of rotatable bonds is 12. The predicted octanol–water partition coefficient (Wildman–Crippen LogP) is 5.81. The van der Waals surface area contributed by atoms with E-state index in [0.717, 1.165) is 73.3 Å². The lowest BCUT2D eigenvalue weighted by Gasteiger charge is -2.23. The maximum absolute atomic E-state index is 6.03. The Hall–Kier alpha value is -2.89. The lowest BCUT2D eigenvalue weighted by Crippen LogP contribution is -2.30. The average molecular weight is 482 g/mol. The van der Waals surface area contributed by atoms with E-state index in [9.17, 15) is 0 Å². The van der Waals surface area contributed by atoms with E-state index >= 15 is 0 Å². The molecule has 1 aliphatic rings. The Morgan fingerprint density at radius 1 is 0.706 bits per heavy atom. The maximum atomic E-state index is 6.03. The summed E-state index contributed by atoms with van der Waals surface area (Å²) >= 11 is 6.03. The van der Waals surface area contributed by atoms with Gasteiger partial charge in [-0.1, -0.05) is 35.9 Å². The van der Waals surface area contributed by atoms with Gasteiger partial charge >= 0.3 is 0 Å². The van der Waals surface area contributed by atoms with E-state index in [2.05, 4.69) is 41.3 Å². The number of nitrogens with zero attached hydrogens (tertiary/aromatic N) is 1. The summed E-state index contributed by atoms with van der Waals surface area (Å²) in [6, 6.07) is 20.6. The molecule has 3 aromatic rings. The second kappa shape index (κ2) is 12.0. The zero-order valence-electron chi connectivity index (χ0n) is 19.9. The number of halogens is 1. The van der Waals surface area contributed by atoms with Gasteiger partial charge < -0.3 is 23.8 Å². The molecule has 0 spiro atoms. The molecule has 0 saturated heterocycles. The van der Waals surface area contributed by atoms with Gasteiger partial charge in [0.1, 0.15) is 0 Å². The molecule has 5 nitrogen and oxygen atoms in total. The normalized spacial score (nSPS) is 12.2. The lowest BCUT2D eigenvalue weighted by atomic mass is 10.1. The quantitative estimate of drug-likeness (QED) is 0.326. The third-order valence-electron chi connectivity index (χ3n) is 6.17.